The normalized spacial score (nSPS) is 12.2. The number of hydroxylamine groups is 1. The fourth-order valence-electron chi connectivity index (χ4n) is 1.92. The molecule has 0 aliphatic carbocycles. The standard InChI is InChI=1S/C10H12AsNO7.C8H9Cl/c1-7(13)12-18-11(15,19-16)9-5-3-4-6-10(9)17-8(2)14;1-7-4-2-3-5-8(7)6-9/h3-6,16H,1-2H3,(H,12,13);2-5H,6H2,1H3. The third kappa shape index (κ3) is 7.50. The number of amides is 1. The van der Waals surface area contributed by atoms with Gasteiger partial charge in [0.15, 0.2) is 0 Å². The number of aryl methyl sites for hydroxylation is 1. The van der Waals surface area contributed by atoms with Crippen LogP contribution in [0.4, 0.5) is 0 Å². The van der Waals surface area contributed by atoms with Crippen molar-refractivity contribution in [3.63, 3.8) is 0 Å². The second-order valence-electron chi connectivity index (χ2n) is 5.45. The number of hydrogen-bond acceptors (Lipinski definition) is 7. The van der Waals surface area contributed by atoms with Crippen molar-refractivity contribution in [3.8, 4) is 5.75 Å². The first kappa shape index (κ1) is 23.9. The summed E-state index contributed by atoms with van der Waals surface area (Å²) >= 11 is 0.671. The van der Waals surface area contributed by atoms with Crippen LogP contribution in [0.15, 0.2) is 48.5 Å². The molecule has 0 spiro atoms. The summed E-state index contributed by atoms with van der Waals surface area (Å²) in [7, 11) is 0. The second kappa shape index (κ2) is 11.7. The summed E-state index contributed by atoms with van der Waals surface area (Å²) in [5.74, 6) is -0.750. The van der Waals surface area contributed by atoms with Crippen LogP contribution in [0.3, 0.4) is 0 Å². The van der Waals surface area contributed by atoms with Gasteiger partial charge in [-0.05, 0) is 18.1 Å². The fourth-order valence-corrected chi connectivity index (χ4v) is 4.58. The number of para-hydroxylation sites is 1. The number of esters is 1. The van der Waals surface area contributed by atoms with Crippen molar-refractivity contribution in [3.05, 3.63) is 59.7 Å². The van der Waals surface area contributed by atoms with Gasteiger partial charge in [-0.3, -0.25) is 0 Å². The quantitative estimate of drug-likeness (QED) is 0.166. The van der Waals surface area contributed by atoms with Crippen molar-refractivity contribution in [1.82, 2.24) is 5.48 Å². The molecule has 0 aliphatic heterocycles. The number of nitrogens with one attached hydrogen (secondary N) is 1. The van der Waals surface area contributed by atoms with Crippen LogP contribution in [-0.4, -0.2) is 31.3 Å². The smallest absolute Gasteiger partial charge is 0.0476 e. The van der Waals surface area contributed by atoms with Gasteiger partial charge in [-0.1, -0.05) is 24.3 Å². The van der Waals surface area contributed by atoms with E-state index in [9.17, 15) is 13.3 Å². The summed E-state index contributed by atoms with van der Waals surface area (Å²) < 4.78 is 25.4. The molecule has 1 atom stereocenters. The summed E-state index contributed by atoms with van der Waals surface area (Å²) in [6.07, 6.45) is 0. The van der Waals surface area contributed by atoms with Crippen molar-refractivity contribution in [2.75, 3.05) is 0 Å². The van der Waals surface area contributed by atoms with Gasteiger partial charge in [0.2, 0.25) is 0 Å². The van der Waals surface area contributed by atoms with Crippen molar-refractivity contribution in [1.29, 1.82) is 0 Å². The van der Waals surface area contributed by atoms with Gasteiger partial charge in [-0.15, -0.1) is 11.6 Å². The first-order valence-electron chi connectivity index (χ1n) is 8.00. The Bertz CT molecular complexity index is 859. The monoisotopic (exact) mass is 473 g/mol. The van der Waals surface area contributed by atoms with E-state index in [2.05, 4.69) is 20.7 Å². The zero-order valence-corrected chi connectivity index (χ0v) is 18.2. The Hall–Kier alpha value is -2.09. The molecular formula is C18H21AsClNO7. The number of alkyl halides is 1. The molecular weight excluding hydrogens is 453 g/mol. The predicted octanol–water partition coefficient (Wildman–Crippen LogP) is 2.48. The number of halogens is 1. The van der Waals surface area contributed by atoms with Crippen molar-refractivity contribution >= 4 is 42.0 Å². The Balaban J connectivity index is 0.000000362. The van der Waals surface area contributed by atoms with Gasteiger partial charge >= 0.3 is 111 Å². The van der Waals surface area contributed by atoms with E-state index in [0.717, 1.165) is 13.8 Å². The van der Waals surface area contributed by atoms with Crippen LogP contribution in [0.25, 0.3) is 0 Å². The molecule has 1 amide bonds. The molecule has 10 heteroatoms. The number of benzene rings is 2. The Morgan fingerprint density at radius 3 is 2.21 bits per heavy atom. The van der Waals surface area contributed by atoms with E-state index in [1.54, 1.807) is 0 Å². The molecule has 0 saturated carbocycles. The van der Waals surface area contributed by atoms with E-state index in [1.165, 1.54) is 35.4 Å². The predicted molar refractivity (Wildman–Crippen MR) is 103 cm³/mol. The molecule has 2 aromatic carbocycles. The van der Waals surface area contributed by atoms with Crippen LogP contribution in [0.2, 0.25) is 0 Å². The first-order chi connectivity index (χ1) is 13.2. The molecule has 0 heterocycles. The van der Waals surface area contributed by atoms with Crippen molar-refractivity contribution < 1.29 is 31.0 Å². The SMILES string of the molecule is CC(=O)NO[As](=O)(OO)c1ccccc1OC(C)=O.Cc1ccccc1CCl. The summed E-state index contributed by atoms with van der Waals surface area (Å²) in [6.45, 7) is 4.34. The van der Waals surface area contributed by atoms with Crippen LogP contribution >= 0.6 is 11.6 Å². The molecule has 2 N–H and O–H groups in total. The number of hydrogen-bond donors (Lipinski definition) is 2. The summed E-state index contributed by atoms with van der Waals surface area (Å²) in [5.41, 5.74) is 4.31. The van der Waals surface area contributed by atoms with E-state index in [1.807, 2.05) is 23.7 Å². The largest absolute Gasteiger partial charge is 0.122 e. The zero-order valence-electron chi connectivity index (χ0n) is 15.5. The van der Waals surface area contributed by atoms with Gasteiger partial charge in [-0.2, -0.15) is 0 Å². The van der Waals surface area contributed by atoms with E-state index in [0.29, 0.717) is 5.88 Å². The summed E-state index contributed by atoms with van der Waals surface area (Å²) in [6, 6.07) is 13.8. The van der Waals surface area contributed by atoms with Gasteiger partial charge in [0, 0.05) is 5.88 Å². The van der Waals surface area contributed by atoms with E-state index in [-0.39, 0.29) is 10.1 Å². The number of carbonyl (C=O) groups excluding carboxylic acids is 2. The zero-order chi connectivity index (χ0) is 21.2. The molecule has 0 aliphatic rings. The summed E-state index contributed by atoms with van der Waals surface area (Å²) in [4.78, 5) is 21.7. The Morgan fingerprint density at radius 2 is 1.71 bits per heavy atom. The van der Waals surface area contributed by atoms with E-state index >= 15 is 0 Å². The maximum atomic E-state index is 12.3. The average molecular weight is 474 g/mol. The molecule has 0 fully saturated rings. The van der Waals surface area contributed by atoms with Crippen LogP contribution in [0.5, 0.6) is 5.75 Å². The van der Waals surface area contributed by atoms with Crippen LogP contribution < -0.4 is 14.6 Å². The van der Waals surface area contributed by atoms with Gasteiger partial charge in [0.05, 0.1) is 0 Å². The van der Waals surface area contributed by atoms with Gasteiger partial charge < -0.3 is 0 Å². The number of rotatable bonds is 6. The number of ether oxygens (including phenoxy) is 1. The average Bonchev–Trinajstić information content (AvgIpc) is 2.67. The fraction of sp³-hybridized carbons (Fsp3) is 0.222. The Kier molecular flexibility index (Phi) is 9.99. The molecule has 2 aromatic rings. The second-order valence-corrected chi connectivity index (χ2v) is 9.54. The Labute approximate surface area is 170 Å². The van der Waals surface area contributed by atoms with Gasteiger partial charge in [0.1, 0.15) is 0 Å². The van der Waals surface area contributed by atoms with Crippen molar-refractivity contribution in [2.45, 2.75) is 26.7 Å². The third-order valence-corrected chi connectivity index (χ3v) is 6.68. The van der Waals surface area contributed by atoms with Crippen LogP contribution in [0.1, 0.15) is 25.0 Å². The first-order valence-corrected chi connectivity index (χ1v) is 11.8. The topological polar surface area (TPSA) is 111 Å². The van der Waals surface area contributed by atoms with Gasteiger partial charge in [-0.25, -0.2) is 0 Å². The van der Waals surface area contributed by atoms with Crippen molar-refractivity contribution in [2.24, 2.45) is 0 Å². The van der Waals surface area contributed by atoms with Crippen LogP contribution in [-0.2, 0) is 26.9 Å². The summed E-state index contributed by atoms with van der Waals surface area (Å²) in [5, 5.41) is 8.76. The minimum atomic E-state index is -4.96. The van der Waals surface area contributed by atoms with E-state index < -0.39 is 26.0 Å². The molecule has 0 radical (unpaired) electrons. The molecule has 1 unspecified atom stereocenters. The van der Waals surface area contributed by atoms with E-state index in [4.69, 9.17) is 21.6 Å². The molecule has 8 nitrogen and oxygen atoms in total. The van der Waals surface area contributed by atoms with Crippen LogP contribution in [0, 0.1) is 6.92 Å². The molecule has 152 valence electrons. The minimum Gasteiger partial charge on any atom is -0.122 e. The van der Waals surface area contributed by atoms with Gasteiger partial charge in [0.25, 0.3) is 0 Å². The number of carbonyl (C=O) groups is 2. The molecule has 0 aromatic heterocycles. The molecule has 0 bridgehead atoms. The third-order valence-electron chi connectivity index (χ3n) is 3.24. The Morgan fingerprint density at radius 1 is 1.11 bits per heavy atom. The molecule has 0 saturated heterocycles. The maximum Gasteiger partial charge on any atom is 0.0476 e. The molecule has 2 rings (SSSR count). The maximum absolute atomic E-state index is 12.3. The minimum absolute atomic E-state index is 0.0862. The molecule has 28 heavy (non-hydrogen) atoms.